The van der Waals surface area contributed by atoms with Crippen molar-refractivity contribution in [1.29, 1.82) is 0 Å². The molecule has 1 N–H and O–H groups in total. The molecule has 27 heavy (non-hydrogen) atoms. The number of Topliss-reactive ketones (excluding diaryl/α,β-unsaturated/α-hetero) is 1. The van der Waals surface area contributed by atoms with E-state index in [0.717, 1.165) is 17.2 Å². The van der Waals surface area contributed by atoms with Crippen molar-refractivity contribution in [1.82, 2.24) is 0 Å². The fourth-order valence-corrected chi connectivity index (χ4v) is 2.63. The van der Waals surface area contributed by atoms with Crippen LogP contribution in [0.2, 0.25) is 0 Å². The lowest BCUT2D eigenvalue weighted by Gasteiger charge is -2.10. The molecule has 3 aromatic rings. The van der Waals surface area contributed by atoms with E-state index in [1.807, 2.05) is 48.5 Å². The predicted octanol–water partition coefficient (Wildman–Crippen LogP) is 4.63. The summed E-state index contributed by atoms with van der Waals surface area (Å²) < 4.78 is 5.55. The third-order valence-electron chi connectivity index (χ3n) is 3.98. The number of aliphatic carboxylic acids is 1. The molecule has 0 aliphatic rings. The van der Waals surface area contributed by atoms with Gasteiger partial charge in [0.2, 0.25) is 0 Å². The fraction of sp³-hybridized carbons (Fsp3) is 0.0435. The normalized spacial score (nSPS) is 11.0. The van der Waals surface area contributed by atoms with Crippen molar-refractivity contribution in [2.75, 3.05) is 6.61 Å². The van der Waals surface area contributed by atoms with Crippen LogP contribution in [0.1, 0.15) is 10.4 Å². The molecule has 3 aromatic carbocycles. The SMILES string of the molecule is O=C(O)C=C(COc1ccccc1)C(=O)c1ccc(-c2ccccc2)cc1. The number of ether oxygens (including phenoxy) is 1. The van der Waals surface area contributed by atoms with Gasteiger partial charge in [-0.2, -0.15) is 0 Å². The summed E-state index contributed by atoms with van der Waals surface area (Å²) in [6.07, 6.45) is 0.899. The largest absolute Gasteiger partial charge is 0.489 e. The highest BCUT2D eigenvalue weighted by Crippen LogP contribution is 2.21. The Morgan fingerprint density at radius 1 is 0.778 bits per heavy atom. The molecule has 0 spiro atoms. The molecule has 0 radical (unpaired) electrons. The summed E-state index contributed by atoms with van der Waals surface area (Å²) in [6, 6.07) is 25.9. The maximum absolute atomic E-state index is 12.7. The lowest BCUT2D eigenvalue weighted by atomic mass is 9.99. The summed E-state index contributed by atoms with van der Waals surface area (Å²) in [5, 5.41) is 9.09. The van der Waals surface area contributed by atoms with Gasteiger partial charge in [-0.05, 0) is 23.3 Å². The number of para-hydroxylation sites is 1. The van der Waals surface area contributed by atoms with E-state index in [1.54, 1.807) is 36.4 Å². The maximum atomic E-state index is 12.7. The Balaban J connectivity index is 1.78. The van der Waals surface area contributed by atoms with E-state index in [4.69, 9.17) is 9.84 Å². The van der Waals surface area contributed by atoms with Crippen LogP contribution in [0.4, 0.5) is 0 Å². The van der Waals surface area contributed by atoms with Gasteiger partial charge in [-0.15, -0.1) is 0 Å². The lowest BCUT2D eigenvalue weighted by Crippen LogP contribution is -2.13. The van der Waals surface area contributed by atoms with Gasteiger partial charge in [0.05, 0.1) is 0 Å². The van der Waals surface area contributed by atoms with Crippen LogP contribution in [-0.4, -0.2) is 23.5 Å². The average molecular weight is 358 g/mol. The first-order valence-electron chi connectivity index (χ1n) is 8.45. The Morgan fingerprint density at radius 2 is 1.33 bits per heavy atom. The Kier molecular flexibility index (Phi) is 5.80. The minimum atomic E-state index is -1.18. The maximum Gasteiger partial charge on any atom is 0.328 e. The van der Waals surface area contributed by atoms with E-state index in [0.29, 0.717) is 11.3 Å². The smallest absolute Gasteiger partial charge is 0.328 e. The highest BCUT2D eigenvalue weighted by atomic mass is 16.5. The van der Waals surface area contributed by atoms with Gasteiger partial charge in [-0.25, -0.2) is 4.79 Å². The second-order valence-corrected chi connectivity index (χ2v) is 5.88. The number of carbonyl (C=O) groups excluding carboxylic acids is 1. The summed E-state index contributed by atoms with van der Waals surface area (Å²) in [7, 11) is 0. The molecule has 0 unspecified atom stereocenters. The standard InChI is InChI=1S/C23H18O4/c24-22(25)15-20(16-27-21-9-5-2-6-10-21)23(26)19-13-11-18(12-14-19)17-7-3-1-4-8-17/h1-15H,16H2,(H,24,25). The minimum absolute atomic E-state index is 0.0822. The van der Waals surface area contributed by atoms with Gasteiger partial charge in [-0.3, -0.25) is 4.79 Å². The Hall–Kier alpha value is -3.66. The van der Waals surface area contributed by atoms with Crippen LogP contribution in [0, 0.1) is 0 Å². The lowest BCUT2D eigenvalue weighted by molar-refractivity contribution is -0.131. The molecular weight excluding hydrogens is 340 g/mol. The van der Waals surface area contributed by atoms with Gasteiger partial charge in [0.15, 0.2) is 5.78 Å². The van der Waals surface area contributed by atoms with E-state index in [9.17, 15) is 9.59 Å². The van der Waals surface area contributed by atoms with Gasteiger partial charge in [0.1, 0.15) is 12.4 Å². The number of carbonyl (C=O) groups is 2. The van der Waals surface area contributed by atoms with Crippen LogP contribution in [0.15, 0.2) is 96.6 Å². The Labute approximate surface area is 157 Å². The van der Waals surface area contributed by atoms with Crippen LogP contribution in [0.3, 0.4) is 0 Å². The number of benzene rings is 3. The summed E-state index contributed by atoms with van der Waals surface area (Å²) >= 11 is 0. The fourth-order valence-electron chi connectivity index (χ4n) is 2.63. The van der Waals surface area contributed by atoms with Crippen LogP contribution >= 0.6 is 0 Å². The van der Waals surface area contributed by atoms with E-state index >= 15 is 0 Å². The molecule has 4 heteroatoms. The molecule has 0 saturated carbocycles. The molecule has 0 bridgehead atoms. The number of hydrogen-bond donors (Lipinski definition) is 1. The third-order valence-corrected chi connectivity index (χ3v) is 3.98. The van der Waals surface area contributed by atoms with Gasteiger partial charge in [-0.1, -0.05) is 72.8 Å². The summed E-state index contributed by atoms with van der Waals surface area (Å²) in [5.41, 5.74) is 2.53. The summed E-state index contributed by atoms with van der Waals surface area (Å²) in [4.78, 5) is 23.8. The van der Waals surface area contributed by atoms with E-state index < -0.39 is 5.97 Å². The zero-order valence-corrected chi connectivity index (χ0v) is 14.5. The molecule has 0 aromatic heterocycles. The highest BCUT2D eigenvalue weighted by Gasteiger charge is 2.15. The molecule has 0 atom stereocenters. The molecule has 134 valence electrons. The monoisotopic (exact) mass is 358 g/mol. The van der Waals surface area contributed by atoms with Crippen molar-refractivity contribution >= 4 is 11.8 Å². The van der Waals surface area contributed by atoms with E-state index in [-0.39, 0.29) is 18.0 Å². The number of carboxylic acids is 1. The topological polar surface area (TPSA) is 63.6 Å². The molecule has 0 saturated heterocycles. The van der Waals surface area contributed by atoms with Crippen molar-refractivity contribution in [2.45, 2.75) is 0 Å². The second kappa shape index (κ2) is 8.63. The van der Waals surface area contributed by atoms with Crippen molar-refractivity contribution < 1.29 is 19.4 Å². The van der Waals surface area contributed by atoms with Crippen molar-refractivity contribution in [3.63, 3.8) is 0 Å². The molecular formula is C23H18O4. The van der Waals surface area contributed by atoms with Gasteiger partial charge < -0.3 is 9.84 Å². The number of hydrogen-bond acceptors (Lipinski definition) is 3. The molecule has 0 aliphatic carbocycles. The third kappa shape index (κ3) is 4.92. The zero-order valence-electron chi connectivity index (χ0n) is 14.5. The molecule has 4 nitrogen and oxygen atoms in total. The molecule has 0 heterocycles. The van der Waals surface area contributed by atoms with Gasteiger partial charge in [0, 0.05) is 17.2 Å². The van der Waals surface area contributed by atoms with Gasteiger partial charge >= 0.3 is 5.97 Å². The van der Waals surface area contributed by atoms with Crippen LogP contribution < -0.4 is 4.74 Å². The zero-order chi connectivity index (χ0) is 19.1. The summed E-state index contributed by atoms with van der Waals surface area (Å²) in [6.45, 7) is -0.115. The minimum Gasteiger partial charge on any atom is -0.489 e. The second-order valence-electron chi connectivity index (χ2n) is 5.88. The summed E-state index contributed by atoms with van der Waals surface area (Å²) in [5.74, 6) is -0.982. The van der Waals surface area contributed by atoms with Gasteiger partial charge in [0.25, 0.3) is 0 Å². The van der Waals surface area contributed by atoms with Crippen LogP contribution in [0.25, 0.3) is 11.1 Å². The van der Waals surface area contributed by atoms with Crippen molar-refractivity contribution in [3.8, 4) is 16.9 Å². The van der Waals surface area contributed by atoms with E-state index in [2.05, 4.69) is 0 Å². The molecule has 3 rings (SSSR count). The number of ketones is 1. The first kappa shape index (κ1) is 18.1. The van der Waals surface area contributed by atoms with Crippen molar-refractivity contribution in [2.24, 2.45) is 0 Å². The average Bonchev–Trinajstić information content (AvgIpc) is 2.72. The quantitative estimate of drug-likeness (QED) is 0.494. The number of rotatable bonds is 7. The van der Waals surface area contributed by atoms with Crippen LogP contribution in [0.5, 0.6) is 5.75 Å². The number of carboxylic acid groups (broad SMARTS) is 1. The van der Waals surface area contributed by atoms with Crippen LogP contribution in [-0.2, 0) is 4.79 Å². The molecule has 0 amide bonds. The Morgan fingerprint density at radius 3 is 1.93 bits per heavy atom. The Bertz CT molecular complexity index is 943. The highest BCUT2D eigenvalue weighted by molar-refractivity contribution is 6.11. The van der Waals surface area contributed by atoms with E-state index in [1.165, 1.54) is 0 Å². The molecule has 0 aliphatic heterocycles. The predicted molar refractivity (Wildman–Crippen MR) is 104 cm³/mol. The first-order chi connectivity index (χ1) is 13.1. The first-order valence-corrected chi connectivity index (χ1v) is 8.45. The molecule has 0 fully saturated rings. The van der Waals surface area contributed by atoms with Crippen molar-refractivity contribution in [3.05, 3.63) is 102 Å².